The van der Waals surface area contributed by atoms with Crippen LogP contribution in [-0.4, -0.2) is 8.07 Å². The van der Waals surface area contributed by atoms with E-state index in [1.54, 1.807) is 11.1 Å². The summed E-state index contributed by atoms with van der Waals surface area (Å²) in [5.41, 5.74) is 11.9. The van der Waals surface area contributed by atoms with E-state index < -0.39 is 28.0 Å². The zero-order valence-electron chi connectivity index (χ0n) is 22.3. The summed E-state index contributed by atoms with van der Waals surface area (Å²) in [5, 5.41) is 3.69. The van der Waals surface area contributed by atoms with Crippen molar-refractivity contribution in [2.45, 2.75) is 36.2 Å². The summed E-state index contributed by atoms with van der Waals surface area (Å²) in [7, 11) is -1.82. The van der Waals surface area contributed by atoms with Gasteiger partial charge in [-0.05, 0) is 0 Å². The van der Waals surface area contributed by atoms with Gasteiger partial charge in [0.1, 0.15) is 0 Å². The maximum absolute atomic E-state index is 2.95. The van der Waals surface area contributed by atoms with Crippen molar-refractivity contribution in [1.82, 2.24) is 0 Å². The quantitative estimate of drug-likeness (QED) is 0.192. The van der Waals surface area contributed by atoms with Gasteiger partial charge >= 0.3 is 228 Å². The van der Waals surface area contributed by atoms with Gasteiger partial charge in [-0.1, -0.05) is 0 Å². The van der Waals surface area contributed by atoms with Crippen molar-refractivity contribution < 1.29 is 20.0 Å². The van der Waals surface area contributed by atoms with E-state index >= 15 is 0 Å². The molecule has 0 radical (unpaired) electrons. The van der Waals surface area contributed by atoms with Crippen molar-refractivity contribution in [3.63, 3.8) is 0 Å². The Balaban J connectivity index is 1.46. The van der Waals surface area contributed by atoms with Gasteiger partial charge in [-0.25, -0.2) is 0 Å². The van der Waals surface area contributed by atoms with Crippen LogP contribution in [0.2, 0.25) is 22.0 Å². The summed E-state index contributed by atoms with van der Waals surface area (Å²) in [6.07, 6.45) is 5.38. The Morgan fingerprint density at radius 1 is 0.595 bits per heavy atom. The van der Waals surface area contributed by atoms with Gasteiger partial charge in [-0.3, -0.25) is 0 Å². The monoisotopic (exact) mass is 662 g/mol. The van der Waals surface area contributed by atoms with Crippen LogP contribution in [0.3, 0.4) is 0 Å². The SMILES string of the molecule is CC[Si]1(C)C2=Cc3c(-c4ccccc4)cccc3[CH]2[Hf]([CH3])([CH3])[CH]2C1=Cc1c(-c3ccccc3)cccc12. The molecule has 0 N–H and O–H groups in total. The number of allylic oxidation sites excluding steroid dienone is 2. The minimum absolute atomic E-state index is 0.691. The van der Waals surface area contributed by atoms with Gasteiger partial charge in [0.2, 0.25) is 0 Å². The molecule has 0 saturated carbocycles. The van der Waals surface area contributed by atoms with E-state index in [0.717, 1.165) is 0 Å². The van der Waals surface area contributed by atoms with Crippen LogP contribution < -0.4 is 0 Å². The first-order valence-electron chi connectivity index (χ1n) is 13.8. The van der Waals surface area contributed by atoms with Gasteiger partial charge in [0.05, 0.1) is 0 Å². The number of rotatable bonds is 3. The first kappa shape index (κ1) is 23.6. The molecule has 1 saturated heterocycles. The number of hydrogen-bond donors (Lipinski definition) is 0. The zero-order chi connectivity index (χ0) is 25.4. The molecular formula is C35H34HfSi. The van der Waals surface area contributed by atoms with Crippen LogP contribution in [0.5, 0.6) is 0 Å². The third kappa shape index (κ3) is 3.28. The minimum atomic E-state index is -2.95. The second kappa shape index (κ2) is 8.48. The summed E-state index contributed by atoms with van der Waals surface area (Å²) in [6, 6.07) is 37.7. The Morgan fingerprint density at radius 2 is 1.03 bits per heavy atom. The van der Waals surface area contributed by atoms with Gasteiger partial charge < -0.3 is 0 Å². The molecule has 0 nitrogen and oxygen atoms in total. The first-order valence-corrected chi connectivity index (χ1v) is 27.8. The second-order valence-electron chi connectivity index (χ2n) is 11.9. The fraction of sp³-hybridized carbons (Fsp3) is 0.200. The standard InChI is InChI=1S/C33H28Si.2CH3.Hf/c1-3-34(2,28-20-26-16-10-18-30(32(26)22-28)24-12-6-4-7-13-24)29-21-27-17-11-19-31(33(27)23-29)25-14-8-5-9-15-25;;;/h4-23H,3H2,1-2H3;2*1H3;. The van der Waals surface area contributed by atoms with E-state index in [4.69, 9.17) is 0 Å². The van der Waals surface area contributed by atoms with Crippen molar-refractivity contribution in [3.8, 4) is 22.3 Å². The molecule has 3 aliphatic rings. The molecule has 4 aromatic rings. The van der Waals surface area contributed by atoms with E-state index in [1.807, 2.05) is 10.4 Å². The predicted molar refractivity (Wildman–Crippen MR) is 159 cm³/mol. The van der Waals surface area contributed by atoms with E-state index in [1.165, 1.54) is 39.4 Å². The topological polar surface area (TPSA) is 0 Å². The van der Waals surface area contributed by atoms with E-state index in [2.05, 4.69) is 132 Å². The number of benzene rings is 4. The van der Waals surface area contributed by atoms with Crippen LogP contribution in [0.4, 0.5) is 0 Å². The van der Waals surface area contributed by atoms with Crippen LogP contribution in [-0.2, 0) is 20.0 Å². The summed E-state index contributed by atoms with van der Waals surface area (Å²) in [6.45, 7) is 5.16. The van der Waals surface area contributed by atoms with Crippen molar-refractivity contribution in [2.24, 2.45) is 0 Å². The second-order valence-corrected chi connectivity index (χ2v) is 33.7. The molecule has 0 spiro atoms. The Hall–Kier alpha value is -2.55. The molecule has 1 fully saturated rings. The summed E-state index contributed by atoms with van der Waals surface area (Å²) in [4.78, 5) is 0. The van der Waals surface area contributed by atoms with Crippen molar-refractivity contribution in [1.29, 1.82) is 0 Å². The van der Waals surface area contributed by atoms with Gasteiger partial charge in [0.25, 0.3) is 0 Å². The molecular weight excluding hydrogens is 627 g/mol. The predicted octanol–water partition coefficient (Wildman–Crippen LogP) is 10.0. The third-order valence-corrected chi connectivity index (χ3v) is 31.8. The van der Waals surface area contributed by atoms with Crippen LogP contribution >= 0.6 is 0 Å². The number of fused-ring (bicyclic) bond motifs is 6. The fourth-order valence-corrected chi connectivity index (χ4v) is 39.6. The third-order valence-electron chi connectivity index (χ3n) is 9.76. The van der Waals surface area contributed by atoms with Crippen LogP contribution in [0.1, 0.15) is 36.5 Å². The average Bonchev–Trinajstić information content (AvgIpc) is 3.54. The van der Waals surface area contributed by atoms with Crippen molar-refractivity contribution in [2.75, 3.05) is 0 Å². The summed E-state index contributed by atoms with van der Waals surface area (Å²) < 4.78 is 6.91. The van der Waals surface area contributed by atoms with Crippen LogP contribution in [0.15, 0.2) is 107 Å². The molecule has 2 heteroatoms. The Morgan fingerprint density at radius 3 is 1.43 bits per heavy atom. The molecule has 0 amide bonds. The molecule has 182 valence electrons. The maximum atomic E-state index is 2.77. The van der Waals surface area contributed by atoms with Crippen molar-refractivity contribution in [3.05, 3.63) is 130 Å². The van der Waals surface area contributed by atoms with Crippen LogP contribution in [0, 0.1) is 0 Å². The molecule has 2 atom stereocenters. The first-order chi connectivity index (χ1) is 17.9. The molecule has 37 heavy (non-hydrogen) atoms. The normalized spacial score (nSPS) is 24.4. The zero-order valence-corrected chi connectivity index (χ0v) is 26.8. The van der Waals surface area contributed by atoms with Gasteiger partial charge in [-0.2, -0.15) is 0 Å². The molecule has 2 aliphatic carbocycles. The summed E-state index contributed by atoms with van der Waals surface area (Å²) >= 11 is -2.95. The molecule has 1 aliphatic heterocycles. The average molecular weight is 661 g/mol. The molecule has 0 bridgehead atoms. The van der Waals surface area contributed by atoms with Gasteiger partial charge in [0, 0.05) is 0 Å². The Kier molecular flexibility index (Phi) is 5.40. The Bertz CT molecular complexity index is 1480. The van der Waals surface area contributed by atoms with E-state index in [0.29, 0.717) is 7.35 Å². The Labute approximate surface area is 227 Å². The van der Waals surface area contributed by atoms with Crippen LogP contribution in [0.25, 0.3) is 34.4 Å². The van der Waals surface area contributed by atoms with E-state index in [9.17, 15) is 0 Å². The van der Waals surface area contributed by atoms with Gasteiger partial charge in [0.15, 0.2) is 0 Å². The summed E-state index contributed by atoms with van der Waals surface area (Å²) in [5.74, 6) is 0. The van der Waals surface area contributed by atoms with E-state index in [-0.39, 0.29) is 0 Å². The molecule has 2 unspecified atom stereocenters. The van der Waals surface area contributed by atoms with Crippen molar-refractivity contribution >= 4 is 20.2 Å². The molecule has 0 aromatic heterocycles. The number of hydrogen-bond acceptors (Lipinski definition) is 0. The molecule has 4 aromatic carbocycles. The fourth-order valence-electron chi connectivity index (χ4n) is 7.84. The molecule has 1 heterocycles. The van der Waals surface area contributed by atoms with Gasteiger partial charge in [-0.15, -0.1) is 0 Å². The molecule has 7 rings (SSSR count).